The third-order valence-corrected chi connectivity index (χ3v) is 4.37. The molecule has 2 fully saturated rings. The minimum absolute atomic E-state index is 0.799. The Kier molecular flexibility index (Phi) is 3.99. The van der Waals surface area contributed by atoms with Gasteiger partial charge in [-0.05, 0) is 56.6 Å². The Morgan fingerprint density at radius 3 is 3.11 bits per heavy atom. The highest BCUT2D eigenvalue weighted by molar-refractivity contribution is 5.36. The zero-order valence-electron chi connectivity index (χ0n) is 11.8. The first kappa shape index (κ1) is 12.9. The Morgan fingerprint density at radius 2 is 2.21 bits per heavy atom. The molecule has 1 aromatic heterocycles. The molecule has 104 valence electrons. The summed E-state index contributed by atoms with van der Waals surface area (Å²) in [6.45, 7) is 6.12. The maximum atomic E-state index is 4.28. The van der Waals surface area contributed by atoms with Crippen LogP contribution in [-0.2, 0) is 6.54 Å². The minimum Gasteiger partial charge on any atom is -0.373 e. The van der Waals surface area contributed by atoms with Crippen LogP contribution >= 0.6 is 0 Å². The quantitative estimate of drug-likeness (QED) is 0.898. The Morgan fingerprint density at radius 1 is 1.32 bits per heavy atom. The van der Waals surface area contributed by atoms with Crippen LogP contribution in [-0.4, -0.2) is 54.1 Å². The fourth-order valence-corrected chi connectivity index (χ4v) is 3.39. The molecule has 0 amide bonds. The van der Waals surface area contributed by atoms with E-state index < -0.39 is 0 Å². The molecule has 2 aliphatic heterocycles. The SMILES string of the molecule is CNc1cc(CN2CCCN3CCCC3C2)ccn1. The van der Waals surface area contributed by atoms with Crippen LogP contribution in [0.4, 0.5) is 5.82 Å². The Hall–Kier alpha value is -1.13. The zero-order valence-corrected chi connectivity index (χ0v) is 11.8. The van der Waals surface area contributed by atoms with Crippen molar-refractivity contribution in [1.82, 2.24) is 14.8 Å². The highest BCUT2D eigenvalue weighted by Crippen LogP contribution is 2.22. The van der Waals surface area contributed by atoms with Gasteiger partial charge in [0.15, 0.2) is 0 Å². The number of hydrogen-bond acceptors (Lipinski definition) is 4. The van der Waals surface area contributed by atoms with E-state index in [9.17, 15) is 0 Å². The van der Waals surface area contributed by atoms with Crippen LogP contribution in [0.5, 0.6) is 0 Å². The summed E-state index contributed by atoms with van der Waals surface area (Å²) in [4.78, 5) is 9.59. The van der Waals surface area contributed by atoms with Crippen LogP contribution in [0, 0.1) is 0 Å². The Balaban J connectivity index is 1.65. The number of nitrogens with zero attached hydrogens (tertiary/aromatic N) is 3. The molecule has 0 aliphatic carbocycles. The van der Waals surface area contributed by atoms with E-state index >= 15 is 0 Å². The lowest BCUT2D eigenvalue weighted by atomic mass is 10.2. The molecule has 1 atom stereocenters. The summed E-state index contributed by atoms with van der Waals surface area (Å²) in [5.74, 6) is 0.967. The van der Waals surface area contributed by atoms with Crippen LogP contribution in [0.1, 0.15) is 24.8 Å². The van der Waals surface area contributed by atoms with Crippen molar-refractivity contribution in [3.8, 4) is 0 Å². The van der Waals surface area contributed by atoms with E-state index in [1.54, 1.807) is 0 Å². The molecule has 2 aliphatic rings. The summed E-state index contributed by atoms with van der Waals surface area (Å²) in [7, 11) is 1.93. The molecule has 0 radical (unpaired) electrons. The van der Waals surface area contributed by atoms with Gasteiger partial charge in [-0.25, -0.2) is 4.98 Å². The fraction of sp³-hybridized carbons (Fsp3) is 0.667. The standard InChI is InChI=1S/C15H24N4/c1-16-15-10-13(5-6-17-15)11-18-7-3-9-19-8-2-4-14(19)12-18/h5-6,10,14H,2-4,7-9,11-12H2,1H3,(H,16,17). The lowest BCUT2D eigenvalue weighted by Crippen LogP contribution is -2.36. The molecule has 4 heteroatoms. The Bertz CT molecular complexity index is 420. The van der Waals surface area contributed by atoms with E-state index in [0.29, 0.717) is 0 Å². The van der Waals surface area contributed by atoms with Gasteiger partial charge in [-0.1, -0.05) is 0 Å². The van der Waals surface area contributed by atoms with Gasteiger partial charge in [-0.2, -0.15) is 0 Å². The van der Waals surface area contributed by atoms with Gasteiger partial charge in [0.25, 0.3) is 0 Å². The van der Waals surface area contributed by atoms with Crippen molar-refractivity contribution >= 4 is 5.82 Å². The minimum atomic E-state index is 0.799. The third-order valence-electron chi connectivity index (χ3n) is 4.37. The molecule has 3 heterocycles. The molecule has 1 unspecified atom stereocenters. The number of aromatic nitrogens is 1. The number of pyridine rings is 1. The summed E-state index contributed by atoms with van der Waals surface area (Å²) >= 11 is 0. The summed E-state index contributed by atoms with van der Waals surface area (Å²) in [6, 6.07) is 5.10. The molecule has 1 N–H and O–H groups in total. The van der Waals surface area contributed by atoms with Gasteiger partial charge in [0.1, 0.15) is 5.82 Å². The number of nitrogens with one attached hydrogen (secondary N) is 1. The van der Waals surface area contributed by atoms with E-state index in [4.69, 9.17) is 0 Å². The number of anilines is 1. The maximum Gasteiger partial charge on any atom is 0.125 e. The van der Waals surface area contributed by atoms with E-state index in [1.807, 2.05) is 13.2 Å². The summed E-state index contributed by atoms with van der Waals surface area (Å²) in [5.41, 5.74) is 1.37. The molecule has 2 saturated heterocycles. The normalized spacial score (nSPS) is 25.0. The highest BCUT2D eigenvalue weighted by Gasteiger charge is 2.28. The number of hydrogen-bond donors (Lipinski definition) is 1. The van der Waals surface area contributed by atoms with Gasteiger partial charge in [-0.15, -0.1) is 0 Å². The van der Waals surface area contributed by atoms with E-state index in [1.165, 1.54) is 51.0 Å². The average molecular weight is 260 g/mol. The molecule has 0 saturated carbocycles. The topological polar surface area (TPSA) is 31.4 Å². The van der Waals surface area contributed by atoms with Crippen molar-refractivity contribution in [3.63, 3.8) is 0 Å². The van der Waals surface area contributed by atoms with Crippen LogP contribution in [0.15, 0.2) is 18.3 Å². The second kappa shape index (κ2) is 5.88. The monoisotopic (exact) mass is 260 g/mol. The van der Waals surface area contributed by atoms with Gasteiger partial charge < -0.3 is 5.32 Å². The molecular formula is C15H24N4. The molecule has 19 heavy (non-hydrogen) atoms. The lowest BCUT2D eigenvalue weighted by molar-refractivity contribution is 0.215. The summed E-state index contributed by atoms with van der Waals surface area (Å²) in [6.07, 6.45) is 5.98. The summed E-state index contributed by atoms with van der Waals surface area (Å²) < 4.78 is 0. The predicted molar refractivity (Wildman–Crippen MR) is 78.3 cm³/mol. The first-order valence-electron chi connectivity index (χ1n) is 7.44. The van der Waals surface area contributed by atoms with Crippen LogP contribution < -0.4 is 5.32 Å². The van der Waals surface area contributed by atoms with Crippen molar-refractivity contribution in [3.05, 3.63) is 23.9 Å². The first-order chi connectivity index (χ1) is 9.35. The third kappa shape index (κ3) is 3.07. The average Bonchev–Trinajstić information content (AvgIpc) is 2.78. The van der Waals surface area contributed by atoms with E-state index in [-0.39, 0.29) is 0 Å². The smallest absolute Gasteiger partial charge is 0.125 e. The largest absolute Gasteiger partial charge is 0.373 e. The van der Waals surface area contributed by atoms with Crippen LogP contribution in [0.25, 0.3) is 0 Å². The molecule has 0 spiro atoms. The Labute approximate surface area is 115 Å². The number of fused-ring (bicyclic) bond motifs is 1. The van der Waals surface area contributed by atoms with E-state index in [0.717, 1.165) is 18.4 Å². The van der Waals surface area contributed by atoms with Crippen molar-refractivity contribution in [1.29, 1.82) is 0 Å². The van der Waals surface area contributed by atoms with Crippen molar-refractivity contribution in [2.24, 2.45) is 0 Å². The second-order valence-electron chi connectivity index (χ2n) is 5.72. The van der Waals surface area contributed by atoms with Gasteiger partial charge >= 0.3 is 0 Å². The second-order valence-corrected chi connectivity index (χ2v) is 5.72. The molecular weight excluding hydrogens is 236 g/mol. The predicted octanol–water partition coefficient (Wildman–Crippen LogP) is 1.79. The van der Waals surface area contributed by atoms with Gasteiger partial charge in [0.05, 0.1) is 0 Å². The van der Waals surface area contributed by atoms with Gasteiger partial charge in [-0.3, -0.25) is 9.80 Å². The molecule has 0 aromatic carbocycles. The van der Waals surface area contributed by atoms with Crippen molar-refractivity contribution in [2.75, 3.05) is 38.5 Å². The van der Waals surface area contributed by atoms with Gasteiger partial charge in [0.2, 0.25) is 0 Å². The van der Waals surface area contributed by atoms with E-state index in [2.05, 4.69) is 32.2 Å². The zero-order chi connectivity index (χ0) is 13.1. The summed E-state index contributed by atoms with van der Waals surface area (Å²) in [5, 5.41) is 3.12. The molecule has 1 aromatic rings. The van der Waals surface area contributed by atoms with Crippen molar-refractivity contribution < 1.29 is 0 Å². The maximum absolute atomic E-state index is 4.28. The lowest BCUT2D eigenvalue weighted by Gasteiger charge is -2.25. The first-order valence-corrected chi connectivity index (χ1v) is 7.44. The van der Waals surface area contributed by atoms with Gasteiger partial charge in [0, 0.05) is 32.4 Å². The van der Waals surface area contributed by atoms with Crippen molar-refractivity contribution in [2.45, 2.75) is 31.8 Å². The molecule has 3 rings (SSSR count). The van der Waals surface area contributed by atoms with Crippen LogP contribution in [0.2, 0.25) is 0 Å². The number of rotatable bonds is 3. The fourth-order valence-electron chi connectivity index (χ4n) is 3.39. The molecule has 4 nitrogen and oxygen atoms in total. The van der Waals surface area contributed by atoms with Crippen LogP contribution in [0.3, 0.4) is 0 Å². The highest BCUT2D eigenvalue weighted by atomic mass is 15.3. The molecule has 0 bridgehead atoms.